The summed E-state index contributed by atoms with van der Waals surface area (Å²) in [4.78, 5) is 0. The summed E-state index contributed by atoms with van der Waals surface area (Å²) in [5.41, 5.74) is 0. The molecule has 1 aliphatic heterocycles. The largest absolute Gasteiger partial charge is 0.388 e. The Bertz CT molecular complexity index is 374. The zero-order valence-electron chi connectivity index (χ0n) is 17.9. The second-order valence-electron chi connectivity index (χ2n) is 8.08. The van der Waals surface area contributed by atoms with Crippen molar-refractivity contribution >= 4 is 0 Å². The zero-order chi connectivity index (χ0) is 20.5. The molecule has 1 rings (SSSR count). The molecule has 1 heterocycles. The summed E-state index contributed by atoms with van der Waals surface area (Å²) >= 11 is 0. The molecule has 1 saturated heterocycles. The van der Waals surface area contributed by atoms with Gasteiger partial charge in [0.1, 0.15) is 24.4 Å². The molecule has 0 spiro atoms. The number of aliphatic hydroxyl groups excluding tert-OH is 3. The molecule has 0 saturated carbocycles. The Morgan fingerprint density at radius 1 is 0.893 bits per heavy atom. The van der Waals surface area contributed by atoms with E-state index in [1.165, 1.54) is 70.6 Å². The van der Waals surface area contributed by atoms with Crippen LogP contribution in [0, 0.1) is 0 Å². The lowest BCUT2D eigenvalue weighted by Crippen LogP contribution is -2.40. The third-order valence-electron chi connectivity index (χ3n) is 5.39. The van der Waals surface area contributed by atoms with Crippen molar-refractivity contribution in [3.05, 3.63) is 12.2 Å². The van der Waals surface area contributed by atoms with Crippen molar-refractivity contribution in [2.75, 3.05) is 19.8 Å². The molecular formula is C23H44O5. The molecule has 0 aromatic rings. The average Bonchev–Trinajstić information content (AvgIpc) is 3.03. The molecule has 0 aromatic heterocycles. The van der Waals surface area contributed by atoms with Crippen LogP contribution in [0.25, 0.3) is 0 Å². The minimum atomic E-state index is -1.03. The quantitative estimate of drug-likeness (QED) is 0.238. The molecule has 5 nitrogen and oxygen atoms in total. The topological polar surface area (TPSA) is 79.2 Å². The molecule has 3 N–H and O–H groups in total. The molecule has 0 amide bonds. The number of rotatable bonds is 18. The van der Waals surface area contributed by atoms with E-state index in [0.29, 0.717) is 6.61 Å². The third-order valence-corrected chi connectivity index (χ3v) is 5.39. The Balaban J connectivity index is 1.77. The van der Waals surface area contributed by atoms with Gasteiger partial charge in [0.25, 0.3) is 0 Å². The first-order chi connectivity index (χ1) is 13.7. The monoisotopic (exact) mass is 400 g/mol. The lowest BCUT2D eigenvalue weighted by molar-refractivity contribution is -0.0813. The van der Waals surface area contributed by atoms with Crippen molar-refractivity contribution in [2.24, 2.45) is 0 Å². The molecule has 0 aliphatic carbocycles. The van der Waals surface area contributed by atoms with Crippen molar-refractivity contribution in [2.45, 2.75) is 115 Å². The highest BCUT2D eigenvalue weighted by Crippen LogP contribution is 2.18. The smallest absolute Gasteiger partial charge is 0.114 e. The summed E-state index contributed by atoms with van der Waals surface area (Å²) < 4.78 is 10.7. The van der Waals surface area contributed by atoms with Gasteiger partial charge in [-0.1, -0.05) is 76.9 Å². The number of ether oxygens (including phenoxy) is 2. The van der Waals surface area contributed by atoms with Crippen LogP contribution in [-0.4, -0.2) is 59.6 Å². The van der Waals surface area contributed by atoms with Gasteiger partial charge in [0.2, 0.25) is 0 Å². The maximum Gasteiger partial charge on any atom is 0.114 e. The van der Waals surface area contributed by atoms with Crippen LogP contribution < -0.4 is 0 Å². The Morgan fingerprint density at radius 3 is 2.04 bits per heavy atom. The molecule has 0 radical (unpaired) electrons. The number of aliphatic hydroxyl groups is 3. The fraction of sp³-hybridized carbons (Fsp3) is 0.913. The van der Waals surface area contributed by atoms with Crippen molar-refractivity contribution in [3.8, 4) is 0 Å². The predicted molar refractivity (Wildman–Crippen MR) is 113 cm³/mol. The Kier molecular flexibility index (Phi) is 15.9. The summed E-state index contributed by atoms with van der Waals surface area (Å²) in [7, 11) is 0. The van der Waals surface area contributed by atoms with Crippen LogP contribution in [0.15, 0.2) is 12.2 Å². The summed E-state index contributed by atoms with van der Waals surface area (Å²) in [5, 5.41) is 29.0. The Labute approximate surface area is 172 Å². The first-order valence-corrected chi connectivity index (χ1v) is 11.5. The van der Waals surface area contributed by atoms with Gasteiger partial charge in [-0.05, 0) is 25.7 Å². The van der Waals surface area contributed by atoms with Crippen molar-refractivity contribution in [3.63, 3.8) is 0 Å². The van der Waals surface area contributed by atoms with Gasteiger partial charge in [0.05, 0.1) is 13.2 Å². The van der Waals surface area contributed by atoms with Crippen LogP contribution in [0.3, 0.4) is 0 Å². The summed E-state index contributed by atoms with van der Waals surface area (Å²) in [6.07, 6.45) is 17.6. The molecule has 0 unspecified atom stereocenters. The van der Waals surface area contributed by atoms with Gasteiger partial charge in [0, 0.05) is 6.61 Å². The van der Waals surface area contributed by atoms with Crippen LogP contribution in [0.5, 0.6) is 0 Å². The SMILES string of the molecule is CCC/C=C/CCCCCCCCCCCCOC[C@@H](O)[C@H]1OC[C@H](O)[C@H]1O. The maximum absolute atomic E-state index is 9.94. The number of hydrogen-bond acceptors (Lipinski definition) is 5. The summed E-state index contributed by atoms with van der Waals surface area (Å²) in [5.74, 6) is 0. The van der Waals surface area contributed by atoms with Gasteiger partial charge >= 0.3 is 0 Å². The number of allylic oxidation sites excluding steroid dienone is 2. The van der Waals surface area contributed by atoms with Gasteiger partial charge < -0.3 is 24.8 Å². The Hall–Kier alpha value is -0.460. The molecule has 166 valence electrons. The highest BCUT2D eigenvalue weighted by molar-refractivity contribution is 4.87. The Morgan fingerprint density at radius 2 is 1.46 bits per heavy atom. The molecule has 1 fully saturated rings. The fourth-order valence-electron chi connectivity index (χ4n) is 3.55. The van der Waals surface area contributed by atoms with E-state index in [2.05, 4.69) is 19.1 Å². The normalized spacial score (nSPS) is 23.6. The van der Waals surface area contributed by atoms with E-state index in [1.807, 2.05) is 0 Å². The number of hydrogen-bond donors (Lipinski definition) is 3. The van der Waals surface area contributed by atoms with Crippen LogP contribution in [0.4, 0.5) is 0 Å². The first-order valence-electron chi connectivity index (χ1n) is 11.5. The van der Waals surface area contributed by atoms with Crippen LogP contribution in [-0.2, 0) is 9.47 Å². The minimum absolute atomic E-state index is 0.0687. The minimum Gasteiger partial charge on any atom is -0.388 e. The van der Waals surface area contributed by atoms with Crippen molar-refractivity contribution in [1.29, 1.82) is 0 Å². The van der Waals surface area contributed by atoms with Gasteiger partial charge in [0.15, 0.2) is 0 Å². The highest BCUT2D eigenvalue weighted by atomic mass is 16.5. The lowest BCUT2D eigenvalue weighted by Gasteiger charge is -2.20. The van der Waals surface area contributed by atoms with E-state index >= 15 is 0 Å². The third kappa shape index (κ3) is 12.2. The molecule has 1 aliphatic rings. The van der Waals surface area contributed by atoms with Gasteiger partial charge in [-0.15, -0.1) is 0 Å². The number of unbranched alkanes of at least 4 members (excludes halogenated alkanes) is 11. The van der Waals surface area contributed by atoms with Gasteiger partial charge in [-0.25, -0.2) is 0 Å². The van der Waals surface area contributed by atoms with E-state index in [1.54, 1.807) is 0 Å². The molecule has 28 heavy (non-hydrogen) atoms. The van der Waals surface area contributed by atoms with Crippen molar-refractivity contribution < 1.29 is 24.8 Å². The molecule has 5 heteroatoms. The second kappa shape index (κ2) is 17.4. The lowest BCUT2D eigenvalue weighted by atomic mass is 10.1. The zero-order valence-corrected chi connectivity index (χ0v) is 17.9. The summed E-state index contributed by atoms with van der Waals surface area (Å²) in [6, 6.07) is 0. The van der Waals surface area contributed by atoms with Crippen LogP contribution in [0.1, 0.15) is 90.4 Å². The fourth-order valence-corrected chi connectivity index (χ4v) is 3.55. The van der Waals surface area contributed by atoms with E-state index < -0.39 is 24.4 Å². The first kappa shape index (κ1) is 25.6. The van der Waals surface area contributed by atoms with E-state index in [9.17, 15) is 15.3 Å². The van der Waals surface area contributed by atoms with Crippen LogP contribution >= 0.6 is 0 Å². The second-order valence-corrected chi connectivity index (χ2v) is 8.08. The molecular weight excluding hydrogens is 356 g/mol. The molecule has 0 aromatic carbocycles. The molecule has 4 atom stereocenters. The highest BCUT2D eigenvalue weighted by Gasteiger charge is 2.39. The van der Waals surface area contributed by atoms with Gasteiger partial charge in [-0.3, -0.25) is 0 Å². The van der Waals surface area contributed by atoms with E-state index in [4.69, 9.17) is 9.47 Å². The summed E-state index contributed by atoms with van der Waals surface area (Å²) in [6.45, 7) is 3.05. The van der Waals surface area contributed by atoms with Crippen LogP contribution in [0.2, 0.25) is 0 Å². The molecule has 0 bridgehead atoms. The van der Waals surface area contributed by atoms with Gasteiger partial charge in [-0.2, -0.15) is 0 Å². The van der Waals surface area contributed by atoms with E-state index in [0.717, 1.165) is 12.8 Å². The standard InChI is InChI=1S/C23H44O5/c1-2-3-4-5-6-7-8-9-10-11-12-13-14-15-16-17-27-18-21(25)23-22(26)20(24)19-28-23/h4-5,20-26H,2-3,6-19H2,1H3/b5-4+/t20-,21+,22+,23+/m0/s1. The van der Waals surface area contributed by atoms with Crippen molar-refractivity contribution in [1.82, 2.24) is 0 Å². The predicted octanol–water partition coefficient (Wildman–Crippen LogP) is 4.13. The maximum atomic E-state index is 9.94. The van der Waals surface area contributed by atoms with E-state index in [-0.39, 0.29) is 13.2 Å². The average molecular weight is 401 g/mol.